The van der Waals surface area contributed by atoms with Gasteiger partial charge in [0.05, 0.1) is 6.61 Å². The van der Waals surface area contributed by atoms with Gasteiger partial charge < -0.3 is 9.15 Å². The zero-order valence-corrected chi connectivity index (χ0v) is 16.3. The summed E-state index contributed by atoms with van der Waals surface area (Å²) in [5.41, 5.74) is 3.77. The minimum absolute atomic E-state index is 0.293. The van der Waals surface area contributed by atoms with Crippen molar-refractivity contribution in [1.82, 2.24) is 4.90 Å². The molecule has 0 unspecified atom stereocenters. The molecule has 0 bridgehead atoms. The molecule has 0 saturated heterocycles. The number of hydrogen-bond donors (Lipinski definition) is 0. The van der Waals surface area contributed by atoms with Crippen molar-refractivity contribution in [3.63, 3.8) is 0 Å². The van der Waals surface area contributed by atoms with E-state index in [1.165, 1.54) is 5.56 Å². The molecule has 0 N–H and O–H groups in total. The summed E-state index contributed by atoms with van der Waals surface area (Å²) in [4.78, 5) is 14.4. The van der Waals surface area contributed by atoms with Crippen molar-refractivity contribution < 1.29 is 9.15 Å². The molecule has 0 aliphatic carbocycles. The molecule has 0 fully saturated rings. The zero-order valence-electron chi connectivity index (χ0n) is 16.3. The Morgan fingerprint density at radius 2 is 1.78 bits per heavy atom. The second kappa shape index (κ2) is 8.87. The minimum atomic E-state index is -0.293. The normalized spacial score (nSPS) is 11.3. The summed E-state index contributed by atoms with van der Waals surface area (Å²) >= 11 is 0. The van der Waals surface area contributed by atoms with Crippen LogP contribution in [-0.4, -0.2) is 18.1 Å². The van der Waals surface area contributed by atoms with E-state index in [2.05, 4.69) is 36.9 Å². The summed E-state index contributed by atoms with van der Waals surface area (Å²) in [6.07, 6.45) is 1.05. The summed E-state index contributed by atoms with van der Waals surface area (Å²) in [5, 5.41) is 1.02. The Bertz CT molecular complexity index is 944. The predicted octanol–water partition coefficient (Wildman–Crippen LogP) is 4.91. The van der Waals surface area contributed by atoms with Gasteiger partial charge in [-0.2, -0.15) is 0 Å². The van der Waals surface area contributed by atoms with Gasteiger partial charge in [-0.3, -0.25) is 4.90 Å². The molecule has 0 aliphatic rings. The van der Waals surface area contributed by atoms with Gasteiger partial charge in [0.1, 0.15) is 11.3 Å². The highest BCUT2D eigenvalue weighted by atomic mass is 16.5. The van der Waals surface area contributed by atoms with Crippen LogP contribution in [0.15, 0.2) is 57.7 Å². The van der Waals surface area contributed by atoms with Gasteiger partial charge >= 0.3 is 5.63 Å². The Morgan fingerprint density at radius 1 is 1.00 bits per heavy atom. The average Bonchev–Trinajstić information content (AvgIpc) is 2.64. The van der Waals surface area contributed by atoms with E-state index in [1.54, 1.807) is 6.07 Å². The van der Waals surface area contributed by atoms with E-state index in [0.29, 0.717) is 18.7 Å². The van der Waals surface area contributed by atoms with Gasteiger partial charge in [0.2, 0.25) is 0 Å². The van der Waals surface area contributed by atoms with Crippen LogP contribution in [0, 0.1) is 6.92 Å². The van der Waals surface area contributed by atoms with Crippen LogP contribution in [-0.2, 0) is 13.1 Å². The first kappa shape index (κ1) is 19.2. The third-order valence-corrected chi connectivity index (χ3v) is 4.56. The van der Waals surface area contributed by atoms with Crippen molar-refractivity contribution >= 4 is 11.0 Å². The van der Waals surface area contributed by atoms with E-state index in [-0.39, 0.29) is 5.63 Å². The van der Waals surface area contributed by atoms with Gasteiger partial charge in [-0.15, -0.1) is 0 Å². The molecular weight excluding hydrogens is 338 g/mol. The van der Waals surface area contributed by atoms with Gasteiger partial charge in [0.15, 0.2) is 0 Å². The second-order valence-electron chi connectivity index (χ2n) is 6.88. The van der Waals surface area contributed by atoms with Gasteiger partial charge in [0, 0.05) is 24.5 Å². The Balaban J connectivity index is 1.85. The Labute approximate surface area is 160 Å². The average molecular weight is 365 g/mol. The number of hydrogen-bond acceptors (Lipinski definition) is 4. The topological polar surface area (TPSA) is 42.7 Å². The molecule has 4 heteroatoms. The first-order chi connectivity index (χ1) is 13.1. The maximum absolute atomic E-state index is 12.0. The molecule has 0 atom stereocenters. The van der Waals surface area contributed by atoms with Crippen molar-refractivity contribution in [2.45, 2.75) is 40.3 Å². The van der Waals surface area contributed by atoms with E-state index in [9.17, 15) is 4.79 Å². The molecule has 4 nitrogen and oxygen atoms in total. The minimum Gasteiger partial charge on any atom is -0.494 e. The highest BCUT2D eigenvalue weighted by Crippen LogP contribution is 2.21. The molecule has 0 saturated carbocycles. The zero-order chi connectivity index (χ0) is 19.2. The molecule has 0 spiro atoms. The standard InChI is InChI=1S/C23H27NO3/c1-4-12-24(15-18-7-9-20(10-8-18)26-5-2)16-19-14-23(25)27-22-11-6-17(3)13-21(19)22/h6-11,13-14H,4-5,12,15-16H2,1-3H3. The highest BCUT2D eigenvalue weighted by Gasteiger charge is 2.12. The number of aryl methyl sites for hydroxylation is 1. The highest BCUT2D eigenvalue weighted by molar-refractivity contribution is 5.80. The van der Waals surface area contributed by atoms with Crippen LogP contribution in [0.3, 0.4) is 0 Å². The monoisotopic (exact) mass is 365 g/mol. The molecule has 3 rings (SSSR count). The van der Waals surface area contributed by atoms with E-state index >= 15 is 0 Å². The van der Waals surface area contributed by atoms with Crippen LogP contribution in [0.25, 0.3) is 11.0 Å². The smallest absolute Gasteiger partial charge is 0.336 e. The SMILES string of the molecule is CCCN(Cc1ccc(OCC)cc1)Cc1cc(=O)oc2ccc(C)cc12. The third-order valence-electron chi connectivity index (χ3n) is 4.56. The first-order valence-corrected chi connectivity index (χ1v) is 9.56. The van der Waals surface area contributed by atoms with Crippen molar-refractivity contribution in [3.05, 3.63) is 75.6 Å². The lowest BCUT2D eigenvalue weighted by molar-refractivity contribution is 0.257. The van der Waals surface area contributed by atoms with Crippen molar-refractivity contribution in [1.29, 1.82) is 0 Å². The van der Waals surface area contributed by atoms with Crippen LogP contribution < -0.4 is 10.4 Å². The van der Waals surface area contributed by atoms with Gasteiger partial charge in [-0.1, -0.05) is 30.7 Å². The molecule has 0 radical (unpaired) electrons. The maximum atomic E-state index is 12.0. The Kier molecular flexibility index (Phi) is 6.30. The van der Waals surface area contributed by atoms with Crippen LogP contribution >= 0.6 is 0 Å². The number of benzene rings is 2. The van der Waals surface area contributed by atoms with Crippen LogP contribution in [0.2, 0.25) is 0 Å². The molecule has 2 aromatic carbocycles. The van der Waals surface area contributed by atoms with Gasteiger partial charge in [-0.05, 0) is 62.2 Å². The largest absolute Gasteiger partial charge is 0.494 e. The summed E-state index contributed by atoms with van der Waals surface area (Å²) in [6, 6.07) is 15.8. The summed E-state index contributed by atoms with van der Waals surface area (Å²) in [6.45, 7) is 9.38. The molecule has 1 aromatic heterocycles. The van der Waals surface area contributed by atoms with Crippen molar-refractivity contribution in [2.75, 3.05) is 13.2 Å². The fraction of sp³-hybridized carbons (Fsp3) is 0.348. The van der Waals surface area contributed by atoms with E-state index in [0.717, 1.165) is 41.8 Å². The maximum Gasteiger partial charge on any atom is 0.336 e. The Morgan fingerprint density at radius 3 is 2.48 bits per heavy atom. The molecule has 1 heterocycles. The summed E-state index contributed by atoms with van der Waals surface area (Å²) in [7, 11) is 0. The van der Waals surface area contributed by atoms with E-state index in [1.807, 2.05) is 31.2 Å². The van der Waals surface area contributed by atoms with Crippen molar-refractivity contribution in [2.24, 2.45) is 0 Å². The number of rotatable bonds is 8. The van der Waals surface area contributed by atoms with Crippen LogP contribution in [0.1, 0.15) is 37.0 Å². The molecule has 3 aromatic rings. The third kappa shape index (κ3) is 4.98. The number of fused-ring (bicyclic) bond motifs is 1. The van der Waals surface area contributed by atoms with E-state index in [4.69, 9.17) is 9.15 Å². The molecule has 0 aliphatic heterocycles. The van der Waals surface area contributed by atoms with E-state index < -0.39 is 0 Å². The fourth-order valence-electron chi connectivity index (χ4n) is 3.36. The lowest BCUT2D eigenvalue weighted by atomic mass is 10.1. The lowest BCUT2D eigenvalue weighted by Gasteiger charge is -2.22. The molecular formula is C23H27NO3. The quantitative estimate of drug-likeness (QED) is 0.532. The van der Waals surface area contributed by atoms with Crippen LogP contribution in [0.5, 0.6) is 5.75 Å². The molecule has 0 amide bonds. The van der Waals surface area contributed by atoms with Gasteiger partial charge in [-0.25, -0.2) is 4.79 Å². The second-order valence-corrected chi connectivity index (χ2v) is 6.88. The number of nitrogens with zero attached hydrogens (tertiary/aromatic N) is 1. The fourth-order valence-corrected chi connectivity index (χ4v) is 3.36. The molecule has 142 valence electrons. The first-order valence-electron chi connectivity index (χ1n) is 9.56. The predicted molar refractivity (Wildman–Crippen MR) is 109 cm³/mol. The van der Waals surface area contributed by atoms with Gasteiger partial charge in [0.25, 0.3) is 0 Å². The number of ether oxygens (including phenoxy) is 1. The molecule has 27 heavy (non-hydrogen) atoms. The lowest BCUT2D eigenvalue weighted by Crippen LogP contribution is -2.24. The van der Waals surface area contributed by atoms with Crippen LogP contribution in [0.4, 0.5) is 0 Å². The summed E-state index contributed by atoms with van der Waals surface area (Å²) in [5.74, 6) is 0.894. The van der Waals surface area contributed by atoms with Crippen molar-refractivity contribution in [3.8, 4) is 5.75 Å². The summed E-state index contributed by atoms with van der Waals surface area (Å²) < 4.78 is 10.9. The Hall–Kier alpha value is -2.59.